The summed E-state index contributed by atoms with van der Waals surface area (Å²) in [6.07, 6.45) is 10.4. The van der Waals surface area contributed by atoms with Gasteiger partial charge in [0.2, 0.25) is 0 Å². The van der Waals surface area contributed by atoms with Crippen LogP contribution in [0.1, 0.15) is 128 Å². The molecule has 0 spiro atoms. The van der Waals surface area contributed by atoms with Gasteiger partial charge in [0.05, 0.1) is 0 Å². The molecule has 4 rings (SSSR count). The number of hydrogen-bond donors (Lipinski definition) is 3. The number of ether oxygens (including phenoxy) is 2. The maximum atomic E-state index is 11.8. The van der Waals surface area contributed by atoms with Gasteiger partial charge in [-0.15, -0.1) is 0 Å². The molecule has 0 aromatic heterocycles. The van der Waals surface area contributed by atoms with Crippen molar-refractivity contribution in [1.82, 2.24) is 10.6 Å². The van der Waals surface area contributed by atoms with E-state index in [-0.39, 0.29) is 56.3 Å². The lowest BCUT2D eigenvalue weighted by Crippen LogP contribution is -2.47. The third kappa shape index (κ3) is 9.88. The zero-order valence-electron chi connectivity index (χ0n) is 23.2. The number of rotatable bonds is 3. The van der Waals surface area contributed by atoms with Gasteiger partial charge in [-0.05, 0) is 117 Å². The van der Waals surface area contributed by atoms with Crippen LogP contribution in [-0.4, -0.2) is 52.3 Å². The van der Waals surface area contributed by atoms with E-state index in [0.29, 0.717) is 5.41 Å². The fraction of sp³-hybridized carbons (Fsp3) is 0.897. The van der Waals surface area contributed by atoms with Crippen LogP contribution in [-0.2, 0) is 19.1 Å². The van der Waals surface area contributed by atoms with Crippen LogP contribution in [0.4, 0.5) is 9.59 Å². The van der Waals surface area contributed by atoms with Crippen molar-refractivity contribution in [1.29, 1.82) is 0 Å². The Morgan fingerprint density at radius 1 is 0.737 bits per heavy atom. The second kappa shape index (κ2) is 12.8. The monoisotopic (exact) mass is 542 g/mol. The Balaban J connectivity index is 0.000000624. The largest absolute Gasteiger partial charge is 0.444 e. The highest BCUT2D eigenvalue weighted by Crippen LogP contribution is 2.57. The number of carbonyl (C=O) groups excluding carboxylic acids is 4. The quantitative estimate of drug-likeness (QED) is 0.391. The Hall–Kier alpha value is -2.12. The molecule has 0 radical (unpaired) electrons. The standard InChI is InChI=1S/C13H23NO3.C13H23NO2.CO2.2CH4/c1-11(2,3)17-10(16)14-13-6-4-12(8-13,9-15)5-7-13;1-11(2,3)16-10(15)14-13-7-5-12(4,9-13)6-8-13;2-1-3;;/h15H,4-9H2,1-3H3,(H,14,16);5-9H2,1-4H3,(H,14,15);;2*1H4. The molecule has 9 nitrogen and oxygen atoms in total. The minimum atomic E-state index is -0.452. The van der Waals surface area contributed by atoms with Gasteiger partial charge < -0.3 is 25.2 Å². The molecule has 9 heteroatoms. The highest BCUT2D eigenvalue weighted by molar-refractivity contribution is 5.69. The van der Waals surface area contributed by atoms with Crippen molar-refractivity contribution in [2.75, 3.05) is 6.61 Å². The number of nitrogens with one attached hydrogen (secondary N) is 2. The van der Waals surface area contributed by atoms with E-state index in [1.807, 2.05) is 41.5 Å². The lowest BCUT2D eigenvalue weighted by Gasteiger charge is -2.30. The molecule has 4 aliphatic carbocycles. The second-order valence-corrected chi connectivity index (χ2v) is 13.7. The number of fused-ring (bicyclic) bond motifs is 4. The molecule has 2 amide bonds. The third-order valence-electron chi connectivity index (χ3n) is 8.03. The van der Waals surface area contributed by atoms with Crippen molar-refractivity contribution in [2.45, 2.75) is 150 Å². The molecule has 0 heterocycles. The molecule has 222 valence electrons. The molecule has 4 fully saturated rings. The number of alkyl carbamates (subject to hydrolysis) is 2. The molecule has 4 saturated carbocycles. The molecule has 38 heavy (non-hydrogen) atoms. The van der Waals surface area contributed by atoms with Gasteiger partial charge in [0.15, 0.2) is 0 Å². The van der Waals surface area contributed by atoms with Crippen LogP contribution in [0.2, 0.25) is 0 Å². The lowest BCUT2D eigenvalue weighted by atomic mass is 9.85. The summed E-state index contributed by atoms with van der Waals surface area (Å²) >= 11 is 0. The lowest BCUT2D eigenvalue weighted by molar-refractivity contribution is -0.191. The number of amides is 2. The van der Waals surface area contributed by atoms with E-state index in [0.717, 1.165) is 51.4 Å². The summed E-state index contributed by atoms with van der Waals surface area (Å²) in [7, 11) is 0. The van der Waals surface area contributed by atoms with Crippen LogP contribution < -0.4 is 10.6 Å². The highest BCUT2D eigenvalue weighted by Gasteiger charge is 2.55. The van der Waals surface area contributed by atoms with E-state index < -0.39 is 11.2 Å². The average Bonchev–Trinajstić information content (AvgIpc) is 3.42. The molecule has 3 N–H and O–H groups in total. The fourth-order valence-corrected chi connectivity index (χ4v) is 6.43. The zero-order valence-corrected chi connectivity index (χ0v) is 23.2. The maximum absolute atomic E-state index is 11.8. The van der Waals surface area contributed by atoms with Crippen LogP contribution in [0.5, 0.6) is 0 Å². The van der Waals surface area contributed by atoms with Crippen LogP contribution in [0.15, 0.2) is 0 Å². The van der Waals surface area contributed by atoms with Crippen molar-refractivity contribution >= 4 is 18.3 Å². The van der Waals surface area contributed by atoms with Crippen molar-refractivity contribution in [2.24, 2.45) is 10.8 Å². The number of aliphatic hydroxyl groups excluding tert-OH is 1. The number of aliphatic hydroxyl groups is 1. The summed E-state index contributed by atoms with van der Waals surface area (Å²) < 4.78 is 10.6. The molecule has 0 atom stereocenters. The van der Waals surface area contributed by atoms with Crippen molar-refractivity contribution in [3.05, 3.63) is 0 Å². The van der Waals surface area contributed by atoms with Crippen molar-refractivity contribution in [3.8, 4) is 0 Å². The molecule has 0 aromatic rings. The van der Waals surface area contributed by atoms with Gasteiger partial charge in [-0.2, -0.15) is 9.59 Å². The highest BCUT2D eigenvalue weighted by atomic mass is 16.6. The number of hydrogen-bond acceptors (Lipinski definition) is 7. The van der Waals surface area contributed by atoms with Crippen molar-refractivity contribution < 1.29 is 33.8 Å². The first-order valence-electron chi connectivity index (χ1n) is 13.0. The molecule has 0 aliphatic heterocycles. The normalized spacial score (nSPS) is 32.1. The maximum Gasteiger partial charge on any atom is 0.408 e. The van der Waals surface area contributed by atoms with Crippen molar-refractivity contribution in [3.63, 3.8) is 0 Å². The van der Waals surface area contributed by atoms with E-state index in [9.17, 15) is 14.7 Å². The second-order valence-electron chi connectivity index (χ2n) is 13.7. The first-order chi connectivity index (χ1) is 16.4. The van der Waals surface area contributed by atoms with Crippen LogP contribution in [0.25, 0.3) is 0 Å². The Kier molecular flexibility index (Phi) is 12.1. The summed E-state index contributed by atoms with van der Waals surface area (Å²) in [5, 5.41) is 15.6. The Labute approximate surface area is 230 Å². The van der Waals surface area contributed by atoms with Crippen LogP contribution >= 0.6 is 0 Å². The Morgan fingerprint density at radius 3 is 1.34 bits per heavy atom. The van der Waals surface area contributed by atoms with E-state index in [2.05, 4.69) is 17.6 Å². The van der Waals surface area contributed by atoms with E-state index in [1.165, 1.54) is 12.8 Å². The summed E-state index contributed by atoms with van der Waals surface area (Å²) in [6.45, 7) is 13.9. The van der Waals surface area contributed by atoms with Gasteiger partial charge in [-0.3, -0.25) is 0 Å². The van der Waals surface area contributed by atoms with Gasteiger partial charge in [0, 0.05) is 17.7 Å². The minimum Gasteiger partial charge on any atom is -0.444 e. The Morgan fingerprint density at radius 2 is 1.08 bits per heavy atom. The van der Waals surface area contributed by atoms with Gasteiger partial charge >= 0.3 is 18.3 Å². The predicted octanol–water partition coefficient (Wildman–Crippen LogP) is 6.13. The zero-order chi connectivity index (χ0) is 27.5. The van der Waals surface area contributed by atoms with E-state index >= 15 is 0 Å². The predicted molar refractivity (Wildman–Crippen MR) is 146 cm³/mol. The topological polar surface area (TPSA) is 131 Å². The molecule has 4 bridgehead atoms. The smallest absolute Gasteiger partial charge is 0.408 e. The molecule has 0 unspecified atom stereocenters. The molecular weight excluding hydrogens is 488 g/mol. The van der Waals surface area contributed by atoms with E-state index in [1.54, 1.807) is 0 Å². The van der Waals surface area contributed by atoms with Crippen LogP contribution in [0.3, 0.4) is 0 Å². The van der Waals surface area contributed by atoms with Gasteiger partial charge in [0.1, 0.15) is 11.2 Å². The Bertz CT molecular complexity index is 819. The molecule has 0 saturated heterocycles. The first-order valence-corrected chi connectivity index (χ1v) is 13.0. The summed E-state index contributed by atoms with van der Waals surface area (Å²) in [5.41, 5.74) is -0.403. The fourth-order valence-electron chi connectivity index (χ4n) is 6.43. The third-order valence-corrected chi connectivity index (χ3v) is 8.03. The SMILES string of the molecule is C.C.CC(C)(C)OC(=O)NC12CCC(CO)(CC1)C2.CC12CCC(NC(=O)OC(C)(C)C)(CC1)C2.O=C=O. The van der Waals surface area contributed by atoms with Crippen LogP contribution in [0, 0.1) is 10.8 Å². The molecule has 4 aliphatic rings. The summed E-state index contributed by atoms with van der Waals surface area (Å²) in [5.74, 6) is 0. The minimum absolute atomic E-state index is 0. The average molecular weight is 543 g/mol. The molecule has 0 aromatic carbocycles. The number of carbonyl (C=O) groups is 2. The first kappa shape index (κ1) is 35.9. The van der Waals surface area contributed by atoms with Gasteiger partial charge in [-0.25, -0.2) is 9.59 Å². The van der Waals surface area contributed by atoms with E-state index in [4.69, 9.17) is 19.1 Å². The van der Waals surface area contributed by atoms with Gasteiger partial charge in [0.25, 0.3) is 0 Å². The van der Waals surface area contributed by atoms with Gasteiger partial charge in [-0.1, -0.05) is 21.8 Å². The molecular formula is C29H54N2O7. The summed E-state index contributed by atoms with van der Waals surface area (Å²) in [6, 6.07) is 0. The summed E-state index contributed by atoms with van der Waals surface area (Å²) in [4.78, 5) is 39.8.